The van der Waals surface area contributed by atoms with Crippen molar-refractivity contribution in [2.75, 3.05) is 46.8 Å². The highest BCUT2D eigenvalue weighted by Crippen LogP contribution is 2.30. The molecule has 0 radical (unpaired) electrons. The maximum atomic E-state index is 12.5. The van der Waals surface area contributed by atoms with Gasteiger partial charge in [0.2, 0.25) is 5.91 Å². The number of sulfonamides is 1. The molecule has 2 rings (SSSR count). The van der Waals surface area contributed by atoms with Gasteiger partial charge in [0.25, 0.3) is 10.0 Å². The highest BCUT2D eigenvalue weighted by molar-refractivity contribution is 9.10. The monoisotopic (exact) mass is 395 g/mol. The molecule has 0 spiro atoms. The summed E-state index contributed by atoms with van der Waals surface area (Å²) in [5, 5.41) is 1.75. The molecule has 9 heteroatoms. The topological polar surface area (TPSA) is 60.9 Å². The van der Waals surface area contributed by atoms with Crippen LogP contribution in [0.5, 0.6) is 0 Å². The van der Waals surface area contributed by atoms with Gasteiger partial charge in [0.05, 0.1) is 6.54 Å². The number of thiophene rings is 1. The van der Waals surface area contributed by atoms with Gasteiger partial charge in [0.15, 0.2) is 0 Å². The molecule has 0 aromatic carbocycles. The smallest absolute Gasteiger partial charge is 0.253 e. The van der Waals surface area contributed by atoms with Crippen molar-refractivity contribution in [2.24, 2.45) is 0 Å². The lowest BCUT2D eigenvalue weighted by molar-refractivity contribution is -0.130. The Bertz CT molecular complexity index is 607. The number of rotatable bonds is 4. The van der Waals surface area contributed by atoms with E-state index in [0.717, 1.165) is 0 Å². The summed E-state index contributed by atoms with van der Waals surface area (Å²) >= 11 is 4.49. The number of piperazine rings is 1. The van der Waals surface area contributed by atoms with Gasteiger partial charge in [-0.15, -0.1) is 11.3 Å². The molecule has 2 heterocycles. The fourth-order valence-corrected chi connectivity index (χ4v) is 5.91. The van der Waals surface area contributed by atoms with Crippen molar-refractivity contribution in [3.05, 3.63) is 15.9 Å². The van der Waals surface area contributed by atoms with Crippen LogP contribution in [-0.2, 0) is 14.8 Å². The fourth-order valence-electron chi connectivity index (χ4n) is 2.04. The van der Waals surface area contributed by atoms with Gasteiger partial charge < -0.3 is 4.90 Å². The molecule has 0 bridgehead atoms. The second-order valence-electron chi connectivity index (χ2n) is 5.02. The van der Waals surface area contributed by atoms with E-state index in [1.807, 2.05) is 4.90 Å². The van der Waals surface area contributed by atoms with Gasteiger partial charge in [-0.05, 0) is 27.4 Å². The second kappa shape index (κ2) is 6.74. The van der Waals surface area contributed by atoms with Gasteiger partial charge >= 0.3 is 0 Å². The first-order valence-corrected chi connectivity index (χ1v) is 9.59. The van der Waals surface area contributed by atoms with Crippen LogP contribution in [-0.4, -0.2) is 75.2 Å². The van der Waals surface area contributed by atoms with Gasteiger partial charge in [-0.2, -0.15) is 4.31 Å². The number of nitrogens with zero attached hydrogens (tertiary/aromatic N) is 3. The van der Waals surface area contributed by atoms with Crippen LogP contribution in [0.2, 0.25) is 0 Å². The van der Waals surface area contributed by atoms with Gasteiger partial charge in [0.1, 0.15) is 4.21 Å². The Morgan fingerprint density at radius 3 is 2.43 bits per heavy atom. The van der Waals surface area contributed by atoms with Crippen LogP contribution in [0.25, 0.3) is 0 Å². The van der Waals surface area contributed by atoms with E-state index in [-0.39, 0.29) is 5.91 Å². The molecule has 6 nitrogen and oxygen atoms in total. The number of carbonyl (C=O) groups excluding carboxylic acids is 1. The maximum absolute atomic E-state index is 12.5. The van der Waals surface area contributed by atoms with E-state index >= 15 is 0 Å². The third kappa shape index (κ3) is 3.84. The zero-order chi connectivity index (χ0) is 15.6. The average Bonchev–Trinajstić information content (AvgIpc) is 2.86. The largest absolute Gasteiger partial charge is 0.348 e. The zero-order valence-corrected chi connectivity index (χ0v) is 15.2. The number of halogens is 1. The van der Waals surface area contributed by atoms with Crippen molar-refractivity contribution in [1.82, 2.24) is 14.1 Å². The van der Waals surface area contributed by atoms with Crippen LogP contribution in [0.4, 0.5) is 0 Å². The minimum Gasteiger partial charge on any atom is -0.348 e. The fraction of sp³-hybridized carbons (Fsp3) is 0.583. The van der Waals surface area contributed by atoms with Gasteiger partial charge in [-0.3, -0.25) is 9.69 Å². The van der Waals surface area contributed by atoms with Crippen LogP contribution in [0, 0.1) is 0 Å². The summed E-state index contributed by atoms with van der Waals surface area (Å²) in [6.07, 6.45) is 0. The molecule has 0 unspecified atom stereocenters. The molecule has 1 aliphatic rings. The lowest BCUT2D eigenvalue weighted by Crippen LogP contribution is -2.50. The second-order valence-corrected chi connectivity index (χ2v) is 8.93. The molecule has 0 atom stereocenters. The normalized spacial score (nSPS) is 17.9. The van der Waals surface area contributed by atoms with E-state index in [1.165, 1.54) is 15.6 Å². The predicted octanol–water partition coefficient (Wildman–Crippen LogP) is 0.905. The summed E-state index contributed by atoms with van der Waals surface area (Å²) in [5.41, 5.74) is 0. The summed E-state index contributed by atoms with van der Waals surface area (Å²) < 4.78 is 27.5. The highest BCUT2D eigenvalue weighted by atomic mass is 79.9. The quantitative estimate of drug-likeness (QED) is 0.759. The first-order valence-electron chi connectivity index (χ1n) is 6.48. The molecular weight excluding hydrogens is 378 g/mol. The van der Waals surface area contributed by atoms with Crippen molar-refractivity contribution in [2.45, 2.75) is 4.21 Å². The minimum absolute atomic E-state index is 0.0345. The first kappa shape index (κ1) is 16.9. The Morgan fingerprint density at radius 2 is 1.95 bits per heavy atom. The molecule has 1 aromatic rings. The molecule has 118 valence electrons. The van der Waals surface area contributed by atoms with Crippen molar-refractivity contribution in [1.29, 1.82) is 0 Å². The van der Waals surface area contributed by atoms with E-state index in [9.17, 15) is 13.2 Å². The Hall–Kier alpha value is -0.480. The van der Waals surface area contributed by atoms with Crippen molar-refractivity contribution < 1.29 is 13.2 Å². The number of amides is 1. The Morgan fingerprint density at radius 1 is 1.33 bits per heavy atom. The van der Waals surface area contributed by atoms with E-state index < -0.39 is 10.0 Å². The minimum atomic E-state index is -3.43. The molecule has 0 aliphatic carbocycles. The summed E-state index contributed by atoms with van der Waals surface area (Å²) in [7, 11) is 0.00457. The molecular formula is C12H18BrN3O3S2. The summed E-state index contributed by atoms with van der Waals surface area (Å²) in [5.74, 6) is 0.0345. The first-order chi connectivity index (χ1) is 9.82. The van der Waals surface area contributed by atoms with Crippen LogP contribution in [0.1, 0.15) is 0 Å². The van der Waals surface area contributed by atoms with Crippen LogP contribution in [0.15, 0.2) is 20.1 Å². The maximum Gasteiger partial charge on any atom is 0.253 e. The number of hydrogen-bond donors (Lipinski definition) is 0. The van der Waals surface area contributed by atoms with Crippen LogP contribution < -0.4 is 0 Å². The molecule has 21 heavy (non-hydrogen) atoms. The molecule has 1 fully saturated rings. The lowest BCUT2D eigenvalue weighted by Gasteiger charge is -2.33. The summed E-state index contributed by atoms with van der Waals surface area (Å²) in [4.78, 5) is 15.2. The van der Waals surface area contributed by atoms with E-state index in [1.54, 1.807) is 30.4 Å². The average molecular weight is 396 g/mol. The molecule has 0 N–H and O–H groups in total. The van der Waals surface area contributed by atoms with Crippen LogP contribution >= 0.6 is 27.3 Å². The standard InChI is InChI=1S/C12H18BrN3O3S2/c1-14(2)11(17)9-15-4-6-16(7-5-15)21(18,19)12-10(13)3-8-20-12/h3,8H,4-7,9H2,1-2H3. The Balaban J connectivity index is 1.98. The Labute approximate surface area is 137 Å². The van der Waals surface area contributed by atoms with Crippen molar-refractivity contribution in [3.63, 3.8) is 0 Å². The summed E-state index contributed by atoms with van der Waals surface area (Å²) in [6, 6.07) is 1.74. The summed E-state index contributed by atoms with van der Waals surface area (Å²) in [6.45, 7) is 2.30. The number of carbonyl (C=O) groups is 1. The van der Waals surface area contributed by atoms with Crippen molar-refractivity contribution in [3.8, 4) is 0 Å². The molecule has 1 amide bonds. The number of hydrogen-bond acceptors (Lipinski definition) is 5. The molecule has 0 saturated carbocycles. The van der Waals surface area contributed by atoms with E-state index in [4.69, 9.17) is 0 Å². The van der Waals surface area contributed by atoms with Crippen LogP contribution in [0.3, 0.4) is 0 Å². The van der Waals surface area contributed by atoms with Gasteiger partial charge in [-0.1, -0.05) is 0 Å². The third-order valence-electron chi connectivity index (χ3n) is 3.35. The van der Waals surface area contributed by atoms with Gasteiger partial charge in [0, 0.05) is 44.7 Å². The molecule has 1 saturated heterocycles. The number of likely N-dealkylation sites (N-methyl/N-ethyl adjacent to an activating group) is 1. The van der Waals surface area contributed by atoms with E-state index in [2.05, 4.69) is 15.9 Å². The Kier molecular flexibility index (Phi) is 5.42. The molecule has 1 aromatic heterocycles. The predicted molar refractivity (Wildman–Crippen MR) is 85.9 cm³/mol. The SMILES string of the molecule is CN(C)C(=O)CN1CCN(S(=O)(=O)c2sccc2Br)CC1. The third-order valence-corrected chi connectivity index (χ3v) is 7.89. The molecule has 1 aliphatic heterocycles. The highest BCUT2D eigenvalue weighted by Gasteiger charge is 2.31. The van der Waals surface area contributed by atoms with Crippen molar-refractivity contribution >= 4 is 43.2 Å². The zero-order valence-electron chi connectivity index (χ0n) is 12.0. The lowest BCUT2D eigenvalue weighted by atomic mass is 10.3. The van der Waals surface area contributed by atoms with E-state index in [0.29, 0.717) is 41.4 Å². The van der Waals surface area contributed by atoms with Gasteiger partial charge in [-0.25, -0.2) is 8.42 Å².